The van der Waals surface area contributed by atoms with Crippen LogP contribution in [0.4, 0.5) is 15.4 Å². The summed E-state index contributed by atoms with van der Waals surface area (Å²) >= 11 is 0. The van der Waals surface area contributed by atoms with Gasteiger partial charge in [-0.25, -0.2) is 24.5 Å². The highest BCUT2D eigenvalue weighted by Gasteiger charge is 2.35. The number of amides is 2. The van der Waals surface area contributed by atoms with E-state index in [0.717, 1.165) is 10.6 Å². The minimum absolute atomic E-state index is 0.0363. The number of nitrogens with zero attached hydrogens (tertiary/aromatic N) is 5. The molecule has 10 nitrogen and oxygen atoms in total. The highest BCUT2D eigenvalue weighted by atomic mass is 16.6. The fourth-order valence-electron chi connectivity index (χ4n) is 2.78. The number of imidazole rings is 1. The van der Waals surface area contributed by atoms with Gasteiger partial charge in [-0.15, -0.1) is 0 Å². The Hall–Kier alpha value is -3.69. The molecule has 0 spiro atoms. The highest BCUT2D eigenvalue weighted by Crippen LogP contribution is 2.27. The lowest BCUT2D eigenvalue weighted by Crippen LogP contribution is -2.44. The maximum Gasteiger partial charge on any atom is 0.425 e. The van der Waals surface area contributed by atoms with Crippen molar-refractivity contribution in [2.75, 3.05) is 12.0 Å². The van der Waals surface area contributed by atoms with Crippen LogP contribution in [0.3, 0.4) is 0 Å². The molecule has 32 heavy (non-hydrogen) atoms. The largest absolute Gasteiger partial charge is 0.497 e. The van der Waals surface area contributed by atoms with Gasteiger partial charge in [0.1, 0.15) is 29.6 Å². The first-order chi connectivity index (χ1) is 14.9. The zero-order valence-corrected chi connectivity index (χ0v) is 19.2. The monoisotopic (exact) mass is 441 g/mol. The van der Waals surface area contributed by atoms with Gasteiger partial charge in [-0.2, -0.15) is 4.90 Å². The Morgan fingerprint density at radius 3 is 1.94 bits per heavy atom. The Morgan fingerprint density at radius 2 is 1.44 bits per heavy atom. The van der Waals surface area contributed by atoms with Gasteiger partial charge in [0, 0.05) is 5.69 Å². The molecule has 0 aliphatic heterocycles. The number of carbonyl (C=O) groups is 2. The lowest BCUT2D eigenvalue weighted by Gasteiger charge is -2.28. The summed E-state index contributed by atoms with van der Waals surface area (Å²) in [5.74, 6) is 0.667. The van der Waals surface area contributed by atoms with Crippen molar-refractivity contribution in [1.29, 1.82) is 0 Å². The van der Waals surface area contributed by atoms with Gasteiger partial charge in [0.2, 0.25) is 0 Å². The number of imide groups is 1. The van der Waals surface area contributed by atoms with Gasteiger partial charge < -0.3 is 14.2 Å². The normalized spacial score (nSPS) is 11.8. The van der Waals surface area contributed by atoms with Crippen molar-refractivity contribution in [3.8, 4) is 11.4 Å². The predicted octanol–water partition coefficient (Wildman–Crippen LogP) is 4.50. The van der Waals surface area contributed by atoms with E-state index >= 15 is 0 Å². The molecule has 2 aromatic heterocycles. The summed E-state index contributed by atoms with van der Waals surface area (Å²) in [6.07, 6.45) is 0.935. The number of anilines is 1. The third kappa shape index (κ3) is 5.13. The van der Waals surface area contributed by atoms with E-state index in [9.17, 15) is 9.59 Å². The van der Waals surface area contributed by atoms with Crippen LogP contribution in [0.2, 0.25) is 0 Å². The summed E-state index contributed by atoms with van der Waals surface area (Å²) in [6.45, 7) is 10.2. The molecule has 2 amide bonds. The maximum atomic E-state index is 13.0. The molecule has 0 unspecified atom stereocenters. The molecule has 2 heterocycles. The first-order valence-corrected chi connectivity index (χ1v) is 9.98. The third-order valence-electron chi connectivity index (χ3n) is 4.03. The van der Waals surface area contributed by atoms with Crippen molar-refractivity contribution in [3.05, 3.63) is 36.9 Å². The second-order valence-corrected chi connectivity index (χ2v) is 8.98. The molecule has 0 saturated carbocycles. The minimum atomic E-state index is -0.925. The first kappa shape index (κ1) is 23.0. The van der Waals surface area contributed by atoms with Gasteiger partial charge in [0.05, 0.1) is 7.11 Å². The van der Waals surface area contributed by atoms with Crippen molar-refractivity contribution in [3.63, 3.8) is 0 Å². The van der Waals surface area contributed by atoms with Crippen LogP contribution in [-0.2, 0) is 9.47 Å². The van der Waals surface area contributed by atoms with Crippen LogP contribution in [0.25, 0.3) is 16.9 Å². The third-order valence-corrected chi connectivity index (χ3v) is 4.03. The Labute approximate surface area is 186 Å². The van der Waals surface area contributed by atoms with E-state index in [1.165, 1.54) is 12.7 Å². The van der Waals surface area contributed by atoms with Crippen LogP contribution in [-0.4, -0.2) is 50.0 Å². The number of ether oxygens (including phenoxy) is 3. The van der Waals surface area contributed by atoms with E-state index in [0.29, 0.717) is 11.4 Å². The number of aromatic nitrogens is 4. The average Bonchev–Trinajstić information content (AvgIpc) is 3.10. The number of benzene rings is 1. The van der Waals surface area contributed by atoms with Crippen LogP contribution in [0.1, 0.15) is 41.5 Å². The number of hydrogen-bond donors (Lipinski definition) is 0. The predicted molar refractivity (Wildman–Crippen MR) is 118 cm³/mol. The molecule has 0 radical (unpaired) electrons. The molecule has 3 aromatic rings. The first-order valence-electron chi connectivity index (χ1n) is 9.98. The summed E-state index contributed by atoms with van der Waals surface area (Å²) in [6, 6.07) is 7.27. The van der Waals surface area contributed by atoms with Gasteiger partial charge in [-0.1, -0.05) is 0 Å². The molecule has 0 aliphatic carbocycles. The van der Waals surface area contributed by atoms with Crippen molar-refractivity contribution < 1.29 is 23.8 Å². The van der Waals surface area contributed by atoms with Gasteiger partial charge in [-0.05, 0) is 65.8 Å². The van der Waals surface area contributed by atoms with E-state index in [4.69, 9.17) is 14.2 Å². The topological polar surface area (TPSA) is 109 Å². The van der Waals surface area contributed by atoms with Crippen molar-refractivity contribution in [1.82, 2.24) is 19.5 Å². The number of carbonyl (C=O) groups excluding carboxylic acids is 2. The van der Waals surface area contributed by atoms with Crippen molar-refractivity contribution in [2.24, 2.45) is 0 Å². The van der Waals surface area contributed by atoms with Crippen LogP contribution in [0.15, 0.2) is 36.9 Å². The fourth-order valence-corrected chi connectivity index (χ4v) is 2.78. The Morgan fingerprint density at radius 1 is 0.875 bits per heavy atom. The van der Waals surface area contributed by atoms with Gasteiger partial charge in [0.25, 0.3) is 0 Å². The van der Waals surface area contributed by atoms with Crippen molar-refractivity contribution >= 4 is 29.2 Å². The van der Waals surface area contributed by atoms with Gasteiger partial charge in [0.15, 0.2) is 17.0 Å². The molecule has 1 aromatic carbocycles. The summed E-state index contributed by atoms with van der Waals surface area (Å²) in [4.78, 5) is 39.5. The maximum absolute atomic E-state index is 13.0. The molecule has 0 atom stereocenters. The lowest BCUT2D eigenvalue weighted by atomic mass is 10.2. The van der Waals surface area contributed by atoms with Crippen LogP contribution in [0.5, 0.6) is 5.75 Å². The molecule has 0 N–H and O–H groups in total. The molecule has 0 saturated heterocycles. The molecular formula is C22H27N5O5. The minimum Gasteiger partial charge on any atom is -0.497 e. The summed E-state index contributed by atoms with van der Waals surface area (Å²) in [7, 11) is 1.59. The van der Waals surface area contributed by atoms with E-state index in [-0.39, 0.29) is 11.3 Å². The van der Waals surface area contributed by atoms with E-state index in [2.05, 4.69) is 15.0 Å². The molecule has 10 heteroatoms. The fraction of sp³-hybridized carbons (Fsp3) is 0.409. The number of hydrogen-bond acceptors (Lipinski definition) is 8. The van der Waals surface area contributed by atoms with Crippen LogP contribution in [0, 0.1) is 0 Å². The van der Waals surface area contributed by atoms with E-state index in [1.54, 1.807) is 65.4 Å². The van der Waals surface area contributed by atoms with Crippen LogP contribution >= 0.6 is 0 Å². The molecular weight excluding hydrogens is 414 g/mol. The quantitative estimate of drug-likeness (QED) is 0.584. The molecule has 0 bridgehead atoms. The smallest absolute Gasteiger partial charge is 0.425 e. The zero-order chi connectivity index (χ0) is 23.7. The molecule has 170 valence electrons. The average molecular weight is 441 g/mol. The number of fused-ring (bicyclic) bond motifs is 1. The zero-order valence-electron chi connectivity index (χ0n) is 19.2. The summed E-state index contributed by atoms with van der Waals surface area (Å²) < 4.78 is 17.8. The van der Waals surface area contributed by atoms with Gasteiger partial charge in [-0.3, -0.25) is 4.57 Å². The van der Waals surface area contributed by atoms with E-state index in [1.807, 2.05) is 12.1 Å². The van der Waals surface area contributed by atoms with Crippen LogP contribution < -0.4 is 9.64 Å². The van der Waals surface area contributed by atoms with Crippen molar-refractivity contribution in [2.45, 2.75) is 52.7 Å². The Balaban J connectivity index is 2.10. The molecule has 3 rings (SSSR count). The Bertz CT molecular complexity index is 1100. The lowest BCUT2D eigenvalue weighted by molar-refractivity contribution is 0.0429. The standard InChI is InChI=1S/C22H27N5O5/c1-21(2,3)31-19(28)27(20(29)32-22(4,5)6)18-16-17(23-12-24-18)26(13-25-16)14-8-10-15(30-7)11-9-14/h8-13H,1-7H3. The SMILES string of the molecule is COc1ccc(-n2cnc3c(N(C(=O)OC(C)(C)C)C(=O)OC(C)(C)C)ncnc32)cc1. The number of rotatable bonds is 3. The second kappa shape index (κ2) is 8.45. The molecule has 0 fully saturated rings. The summed E-state index contributed by atoms with van der Waals surface area (Å²) in [5, 5.41) is 0. The number of methoxy groups -OCH3 is 1. The van der Waals surface area contributed by atoms with Gasteiger partial charge >= 0.3 is 12.2 Å². The Kier molecular flexibility index (Phi) is 6.07. The highest BCUT2D eigenvalue weighted by molar-refractivity contribution is 6.12. The second-order valence-electron chi connectivity index (χ2n) is 8.98. The molecule has 0 aliphatic rings. The summed E-state index contributed by atoms with van der Waals surface area (Å²) in [5.41, 5.74) is -0.283. The van der Waals surface area contributed by atoms with E-state index < -0.39 is 23.4 Å².